The Morgan fingerprint density at radius 1 is 1.25 bits per heavy atom. The van der Waals surface area contributed by atoms with Crippen LogP contribution in [0, 0.1) is 12.8 Å². The highest BCUT2D eigenvalue weighted by Gasteiger charge is 2.27. The van der Waals surface area contributed by atoms with Gasteiger partial charge < -0.3 is 10.2 Å². The third-order valence-corrected chi connectivity index (χ3v) is 4.72. The lowest BCUT2D eigenvalue weighted by Crippen LogP contribution is -2.35. The third-order valence-electron chi connectivity index (χ3n) is 4.72. The summed E-state index contributed by atoms with van der Waals surface area (Å²) in [5.74, 6) is 0.782. The largest absolute Gasteiger partial charge is 0.313 e. The Balaban J connectivity index is 1.92. The average molecular weight is 274 g/mol. The number of hydrogen-bond acceptors (Lipinski definition) is 2. The Labute approximate surface area is 124 Å². The monoisotopic (exact) mass is 274 g/mol. The molecule has 1 aliphatic heterocycles. The van der Waals surface area contributed by atoms with Crippen molar-refractivity contribution < 1.29 is 0 Å². The van der Waals surface area contributed by atoms with E-state index < -0.39 is 0 Å². The molecule has 2 heteroatoms. The summed E-state index contributed by atoms with van der Waals surface area (Å²) in [6.07, 6.45) is 3.95. The Morgan fingerprint density at radius 2 is 1.95 bits per heavy atom. The summed E-state index contributed by atoms with van der Waals surface area (Å²) in [5, 5.41) is 3.48. The van der Waals surface area contributed by atoms with Crippen LogP contribution in [0.1, 0.15) is 50.3 Å². The highest BCUT2D eigenvalue weighted by atomic mass is 15.2. The minimum Gasteiger partial charge on any atom is -0.313 e. The van der Waals surface area contributed by atoms with Crippen molar-refractivity contribution >= 4 is 0 Å². The Kier molecular flexibility index (Phi) is 5.62. The molecule has 2 unspecified atom stereocenters. The molecule has 0 spiro atoms. The fourth-order valence-corrected chi connectivity index (χ4v) is 3.46. The van der Waals surface area contributed by atoms with E-state index in [9.17, 15) is 0 Å². The predicted octanol–water partition coefficient (Wildman–Crippen LogP) is 3.77. The van der Waals surface area contributed by atoms with Gasteiger partial charge in [0.2, 0.25) is 0 Å². The third kappa shape index (κ3) is 3.83. The van der Waals surface area contributed by atoms with Gasteiger partial charge in [-0.05, 0) is 51.3 Å². The van der Waals surface area contributed by atoms with Gasteiger partial charge in [-0.1, -0.05) is 43.7 Å². The van der Waals surface area contributed by atoms with Crippen LogP contribution < -0.4 is 5.32 Å². The normalized spacial score (nSPS) is 21.6. The first-order chi connectivity index (χ1) is 9.61. The van der Waals surface area contributed by atoms with Crippen molar-refractivity contribution in [3.63, 3.8) is 0 Å². The SMILES string of the molecule is CNC(CCN1CCCC1C(C)C)c1ccc(C)cc1. The Morgan fingerprint density at radius 3 is 2.55 bits per heavy atom. The van der Waals surface area contributed by atoms with Crippen LogP contribution in [0.3, 0.4) is 0 Å². The lowest BCUT2D eigenvalue weighted by molar-refractivity contribution is 0.197. The fourth-order valence-electron chi connectivity index (χ4n) is 3.46. The molecule has 0 saturated carbocycles. The highest BCUT2D eigenvalue weighted by molar-refractivity contribution is 5.24. The summed E-state index contributed by atoms with van der Waals surface area (Å²) in [6, 6.07) is 10.2. The predicted molar refractivity (Wildman–Crippen MR) is 87.0 cm³/mol. The van der Waals surface area contributed by atoms with Crippen molar-refractivity contribution in [2.24, 2.45) is 5.92 Å². The topological polar surface area (TPSA) is 15.3 Å². The zero-order valence-electron chi connectivity index (χ0n) is 13.5. The molecule has 0 radical (unpaired) electrons. The molecule has 112 valence electrons. The molecule has 1 heterocycles. The van der Waals surface area contributed by atoms with E-state index in [-0.39, 0.29) is 0 Å². The van der Waals surface area contributed by atoms with E-state index in [1.54, 1.807) is 0 Å². The number of hydrogen-bond donors (Lipinski definition) is 1. The maximum absolute atomic E-state index is 3.48. The van der Waals surface area contributed by atoms with Crippen molar-refractivity contribution in [2.75, 3.05) is 20.1 Å². The van der Waals surface area contributed by atoms with E-state index in [0.717, 1.165) is 12.0 Å². The van der Waals surface area contributed by atoms with E-state index in [1.165, 1.54) is 43.5 Å². The summed E-state index contributed by atoms with van der Waals surface area (Å²) < 4.78 is 0. The maximum atomic E-state index is 3.48. The van der Waals surface area contributed by atoms with E-state index in [4.69, 9.17) is 0 Å². The molecule has 2 atom stereocenters. The van der Waals surface area contributed by atoms with Crippen molar-refractivity contribution in [1.82, 2.24) is 10.2 Å². The molecule has 0 aromatic heterocycles. The lowest BCUT2D eigenvalue weighted by atomic mass is 10.00. The second kappa shape index (κ2) is 7.24. The lowest BCUT2D eigenvalue weighted by Gasteiger charge is -2.29. The van der Waals surface area contributed by atoms with Crippen LogP contribution in [0.5, 0.6) is 0 Å². The van der Waals surface area contributed by atoms with Crippen LogP contribution in [0.2, 0.25) is 0 Å². The molecular weight excluding hydrogens is 244 g/mol. The molecule has 1 aliphatic rings. The number of likely N-dealkylation sites (tertiary alicyclic amines) is 1. The molecular formula is C18H30N2. The number of nitrogens with zero attached hydrogens (tertiary/aromatic N) is 1. The zero-order valence-corrected chi connectivity index (χ0v) is 13.5. The molecule has 1 aromatic rings. The zero-order chi connectivity index (χ0) is 14.5. The van der Waals surface area contributed by atoms with Crippen LogP contribution in [-0.4, -0.2) is 31.1 Å². The van der Waals surface area contributed by atoms with Crippen molar-refractivity contribution in [3.8, 4) is 0 Å². The Bertz CT molecular complexity index is 396. The molecule has 20 heavy (non-hydrogen) atoms. The Hall–Kier alpha value is -0.860. The van der Waals surface area contributed by atoms with Gasteiger partial charge in [0.15, 0.2) is 0 Å². The van der Waals surface area contributed by atoms with Gasteiger partial charge in [0.25, 0.3) is 0 Å². The van der Waals surface area contributed by atoms with Gasteiger partial charge in [-0.15, -0.1) is 0 Å². The number of aryl methyl sites for hydroxylation is 1. The number of nitrogens with one attached hydrogen (secondary N) is 1. The summed E-state index contributed by atoms with van der Waals surface area (Å²) >= 11 is 0. The van der Waals surface area contributed by atoms with E-state index in [0.29, 0.717) is 6.04 Å². The first-order valence-corrected chi connectivity index (χ1v) is 8.09. The van der Waals surface area contributed by atoms with Gasteiger partial charge in [-0.25, -0.2) is 0 Å². The van der Waals surface area contributed by atoms with Crippen LogP contribution in [-0.2, 0) is 0 Å². The summed E-state index contributed by atoms with van der Waals surface area (Å²) in [5.41, 5.74) is 2.75. The van der Waals surface area contributed by atoms with Crippen LogP contribution in [0.15, 0.2) is 24.3 Å². The maximum Gasteiger partial charge on any atom is 0.0329 e. The van der Waals surface area contributed by atoms with Gasteiger partial charge in [-0.3, -0.25) is 0 Å². The second-order valence-electron chi connectivity index (χ2n) is 6.53. The number of benzene rings is 1. The second-order valence-corrected chi connectivity index (χ2v) is 6.53. The van der Waals surface area contributed by atoms with Gasteiger partial charge in [0.1, 0.15) is 0 Å². The molecule has 0 amide bonds. The van der Waals surface area contributed by atoms with E-state index >= 15 is 0 Å². The minimum absolute atomic E-state index is 0.476. The first-order valence-electron chi connectivity index (χ1n) is 8.09. The number of rotatable bonds is 6. The van der Waals surface area contributed by atoms with Crippen LogP contribution in [0.4, 0.5) is 0 Å². The van der Waals surface area contributed by atoms with Gasteiger partial charge in [-0.2, -0.15) is 0 Å². The van der Waals surface area contributed by atoms with E-state index in [1.807, 2.05) is 0 Å². The molecule has 2 rings (SSSR count). The molecule has 0 aliphatic carbocycles. The first kappa shape index (κ1) is 15.5. The van der Waals surface area contributed by atoms with Crippen molar-refractivity contribution in [1.29, 1.82) is 0 Å². The quantitative estimate of drug-likeness (QED) is 0.849. The van der Waals surface area contributed by atoms with Gasteiger partial charge in [0.05, 0.1) is 0 Å². The summed E-state index contributed by atoms with van der Waals surface area (Å²) in [6.45, 7) is 9.36. The molecule has 1 aromatic carbocycles. The van der Waals surface area contributed by atoms with Crippen molar-refractivity contribution in [3.05, 3.63) is 35.4 Å². The standard InChI is InChI=1S/C18H30N2/c1-14(2)18-6-5-12-20(18)13-11-17(19-4)16-9-7-15(3)8-10-16/h7-10,14,17-19H,5-6,11-13H2,1-4H3. The van der Waals surface area contributed by atoms with Gasteiger partial charge >= 0.3 is 0 Å². The van der Waals surface area contributed by atoms with Gasteiger partial charge in [0, 0.05) is 18.6 Å². The average Bonchev–Trinajstić information content (AvgIpc) is 2.90. The molecule has 1 N–H and O–H groups in total. The van der Waals surface area contributed by atoms with Crippen LogP contribution >= 0.6 is 0 Å². The minimum atomic E-state index is 0.476. The molecule has 1 saturated heterocycles. The highest BCUT2D eigenvalue weighted by Crippen LogP contribution is 2.25. The van der Waals surface area contributed by atoms with E-state index in [2.05, 4.69) is 62.3 Å². The molecule has 1 fully saturated rings. The van der Waals surface area contributed by atoms with Crippen LogP contribution in [0.25, 0.3) is 0 Å². The molecule has 0 bridgehead atoms. The summed E-state index contributed by atoms with van der Waals surface area (Å²) in [7, 11) is 2.08. The van der Waals surface area contributed by atoms with Crippen molar-refractivity contribution in [2.45, 2.75) is 52.1 Å². The fraction of sp³-hybridized carbons (Fsp3) is 0.667. The smallest absolute Gasteiger partial charge is 0.0329 e. The summed E-state index contributed by atoms with van der Waals surface area (Å²) in [4.78, 5) is 2.70. The molecule has 2 nitrogen and oxygen atoms in total.